The molecule has 0 fully saturated rings. The van der Waals surface area contributed by atoms with Gasteiger partial charge in [0.05, 0.1) is 5.52 Å². The number of hydrogen-bond acceptors (Lipinski definition) is 2. The lowest BCUT2D eigenvalue weighted by Crippen LogP contribution is -2.05. The smallest absolute Gasteiger partial charge is 0.293 e. The Morgan fingerprint density at radius 2 is 2.35 bits per heavy atom. The molecule has 0 amide bonds. The van der Waals surface area contributed by atoms with Gasteiger partial charge < -0.3 is 9.30 Å². The van der Waals surface area contributed by atoms with E-state index in [0.29, 0.717) is 6.47 Å². The summed E-state index contributed by atoms with van der Waals surface area (Å²) in [5.41, 5.74) is 3.82. The van der Waals surface area contributed by atoms with Crippen molar-refractivity contribution in [3.05, 3.63) is 35.5 Å². The van der Waals surface area contributed by atoms with E-state index >= 15 is 0 Å². The predicted molar refractivity (Wildman–Crippen MR) is 65.8 cm³/mol. The number of aromatic nitrogens is 1. The second kappa shape index (κ2) is 3.91. The molecule has 1 aromatic heterocycles. The summed E-state index contributed by atoms with van der Waals surface area (Å²) >= 11 is 0. The van der Waals surface area contributed by atoms with Gasteiger partial charge in [-0.1, -0.05) is 18.2 Å². The molecule has 0 saturated carbocycles. The Labute approximate surface area is 100.0 Å². The first kappa shape index (κ1) is 10.4. The fourth-order valence-corrected chi connectivity index (χ4v) is 2.76. The Hall–Kier alpha value is -1.77. The molecule has 2 aromatic rings. The molecule has 1 aliphatic rings. The summed E-state index contributed by atoms with van der Waals surface area (Å²) in [6.45, 7) is 3.50. The average molecular weight is 229 g/mol. The maximum atomic E-state index is 10.5. The van der Waals surface area contributed by atoms with Crippen LogP contribution in [0.5, 0.6) is 0 Å². The Morgan fingerprint density at radius 3 is 3.18 bits per heavy atom. The molecule has 3 heteroatoms. The number of carbonyl (C=O) groups excluding carboxylic acids is 1. The van der Waals surface area contributed by atoms with Crippen LogP contribution in [0.3, 0.4) is 0 Å². The van der Waals surface area contributed by atoms with Crippen LogP contribution in [-0.2, 0) is 22.5 Å². The molecule has 2 heterocycles. The molecular formula is C14H15NO2. The summed E-state index contributed by atoms with van der Waals surface area (Å²) in [6, 6.07) is 6.39. The van der Waals surface area contributed by atoms with Gasteiger partial charge in [0.15, 0.2) is 0 Å². The van der Waals surface area contributed by atoms with E-state index in [1.807, 2.05) is 6.92 Å². The van der Waals surface area contributed by atoms with E-state index in [-0.39, 0.29) is 6.10 Å². The molecule has 3 nitrogen and oxygen atoms in total. The van der Waals surface area contributed by atoms with Crippen molar-refractivity contribution in [1.29, 1.82) is 0 Å². The van der Waals surface area contributed by atoms with Crippen LogP contribution in [0.15, 0.2) is 24.4 Å². The maximum absolute atomic E-state index is 10.5. The topological polar surface area (TPSA) is 31.2 Å². The van der Waals surface area contributed by atoms with Crippen LogP contribution in [0.2, 0.25) is 0 Å². The molecule has 1 aromatic carbocycles. The van der Waals surface area contributed by atoms with Crippen LogP contribution in [0.25, 0.3) is 10.9 Å². The van der Waals surface area contributed by atoms with Crippen LogP contribution in [-0.4, -0.2) is 11.0 Å². The molecule has 1 aliphatic heterocycles. The highest BCUT2D eigenvalue weighted by Gasteiger charge is 2.19. The molecule has 0 bridgehead atoms. The summed E-state index contributed by atoms with van der Waals surface area (Å²) in [5, 5.41) is 1.22. The van der Waals surface area contributed by atoms with Gasteiger partial charge in [-0.25, -0.2) is 0 Å². The summed E-state index contributed by atoms with van der Waals surface area (Å²) < 4.78 is 7.35. The summed E-state index contributed by atoms with van der Waals surface area (Å²) in [7, 11) is 0. The normalized spacial score (nSPS) is 15.8. The number of rotatable bonds is 3. The first-order chi connectivity index (χ1) is 8.31. The van der Waals surface area contributed by atoms with E-state index in [1.54, 1.807) is 0 Å². The van der Waals surface area contributed by atoms with Crippen LogP contribution >= 0.6 is 0 Å². The Kier molecular flexibility index (Phi) is 2.39. The van der Waals surface area contributed by atoms with Gasteiger partial charge in [0, 0.05) is 23.7 Å². The van der Waals surface area contributed by atoms with Crippen molar-refractivity contribution in [2.24, 2.45) is 0 Å². The van der Waals surface area contributed by atoms with E-state index < -0.39 is 0 Å². The van der Waals surface area contributed by atoms with Gasteiger partial charge in [-0.2, -0.15) is 0 Å². The fourth-order valence-electron chi connectivity index (χ4n) is 2.76. The zero-order valence-electron chi connectivity index (χ0n) is 9.85. The Bertz CT molecular complexity index is 571. The first-order valence-corrected chi connectivity index (χ1v) is 6.01. The van der Waals surface area contributed by atoms with Gasteiger partial charge in [0.1, 0.15) is 6.10 Å². The van der Waals surface area contributed by atoms with E-state index in [1.165, 1.54) is 22.9 Å². The third kappa shape index (κ3) is 1.54. The average Bonchev–Trinajstić information content (AvgIpc) is 2.72. The Balaban J connectivity index is 2.21. The van der Waals surface area contributed by atoms with Crippen LogP contribution in [0, 0.1) is 0 Å². The van der Waals surface area contributed by atoms with Gasteiger partial charge in [-0.15, -0.1) is 0 Å². The molecule has 17 heavy (non-hydrogen) atoms. The zero-order valence-corrected chi connectivity index (χ0v) is 9.85. The lowest BCUT2D eigenvalue weighted by atomic mass is 10.0. The molecule has 0 spiro atoms. The number of aryl methyl sites for hydroxylation is 2. The molecule has 0 aliphatic carbocycles. The number of carbonyl (C=O) groups is 1. The van der Waals surface area contributed by atoms with Crippen molar-refractivity contribution >= 4 is 17.4 Å². The third-order valence-corrected chi connectivity index (χ3v) is 3.56. The highest BCUT2D eigenvalue weighted by molar-refractivity contribution is 5.87. The van der Waals surface area contributed by atoms with Gasteiger partial charge in [0.2, 0.25) is 0 Å². The van der Waals surface area contributed by atoms with Crippen LogP contribution in [0.4, 0.5) is 0 Å². The SMILES string of the molecule is CC(OC=O)c1cn2c3c(cccc13)CCC2. The predicted octanol–water partition coefficient (Wildman–Crippen LogP) is 2.82. The molecule has 1 unspecified atom stereocenters. The maximum Gasteiger partial charge on any atom is 0.293 e. The molecule has 0 N–H and O–H groups in total. The van der Waals surface area contributed by atoms with Gasteiger partial charge in [-0.05, 0) is 25.3 Å². The molecule has 1 atom stereocenters. The number of nitrogens with zero attached hydrogens (tertiary/aromatic N) is 1. The van der Waals surface area contributed by atoms with Gasteiger partial charge in [-0.3, -0.25) is 4.79 Å². The second-order valence-electron chi connectivity index (χ2n) is 4.57. The Morgan fingerprint density at radius 1 is 1.47 bits per heavy atom. The highest BCUT2D eigenvalue weighted by atomic mass is 16.5. The number of benzene rings is 1. The molecule has 0 saturated heterocycles. The lowest BCUT2D eigenvalue weighted by Gasteiger charge is -2.14. The van der Waals surface area contributed by atoms with Crippen molar-refractivity contribution < 1.29 is 9.53 Å². The van der Waals surface area contributed by atoms with Crippen LogP contribution in [0.1, 0.15) is 30.6 Å². The molecule has 3 rings (SSSR count). The van der Waals surface area contributed by atoms with E-state index in [4.69, 9.17) is 4.74 Å². The minimum atomic E-state index is -0.176. The molecule has 88 valence electrons. The standard InChI is InChI=1S/C14H15NO2/c1-10(17-9-16)13-8-15-7-3-5-11-4-2-6-12(13)14(11)15/h2,4,6,8-10H,3,5,7H2,1H3. The minimum absolute atomic E-state index is 0.176. The third-order valence-electron chi connectivity index (χ3n) is 3.56. The van der Waals surface area contributed by atoms with E-state index in [0.717, 1.165) is 18.5 Å². The monoisotopic (exact) mass is 229 g/mol. The number of hydrogen-bond donors (Lipinski definition) is 0. The first-order valence-electron chi connectivity index (χ1n) is 6.01. The van der Waals surface area contributed by atoms with Crippen molar-refractivity contribution in [3.8, 4) is 0 Å². The second-order valence-corrected chi connectivity index (χ2v) is 4.57. The van der Waals surface area contributed by atoms with Gasteiger partial charge >= 0.3 is 0 Å². The summed E-state index contributed by atoms with van der Waals surface area (Å²) in [5.74, 6) is 0. The summed E-state index contributed by atoms with van der Waals surface area (Å²) in [6.07, 6.45) is 4.28. The van der Waals surface area contributed by atoms with Crippen LogP contribution < -0.4 is 0 Å². The van der Waals surface area contributed by atoms with Crippen molar-refractivity contribution in [2.45, 2.75) is 32.4 Å². The minimum Gasteiger partial charge on any atom is -0.460 e. The molecule has 0 radical (unpaired) electrons. The van der Waals surface area contributed by atoms with E-state index in [2.05, 4.69) is 29.0 Å². The summed E-state index contributed by atoms with van der Waals surface area (Å²) in [4.78, 5) is 10.5. The lowest BCUT2D eigenvalue weighted by molar-refractivity contribution is -0.133. The highest BCUT2D eigenvalue weighted by Crippen LogP contribution is 2.33. The number of para-hydroxylation sites is 1. The van der Waals surface area contributed by atoms with Crippen molar-refractivity contribution in [3.63, 3.8) is 0 Å². The number of ether oxygens (including phenoxy) is 1. The van der Waals surface area contributed by atoms with Crippen molar-refractivity contribution in [1.82, 2.24) is 4.57 Å². The fraction of sp³-hybridized carbons (Fsp3) is 0.357. The largest absolute Gasteiger partial charge is 0.460 e. The van der Waals surface area contributed by atoms with Gasteiger partial charge in [0.25, 0.3) is 6.47 Å². The quantitative estimate of drug-likeness (QED) is 0.758. The van der Waals surface area contributed by atoms with E-state index in [9.17, 15) is 4.79 Å². The van der Waals surface area contributed by atoms with Crippen molar-refractivity contribution in [2.75, 3.05) is 0 Å². The zero-order chi connectivity index (χ0) is 11.8. The molecular weight excluding hydrogens is 214 g/mol.